The lowest BCUT2D eigenvalue weighted by atomic mass is 10.1. The topological polar surface area (TPSA) is 64.1 Å². The molecule has 5 nitrogen and oxygen atoms in total. The number of aromatic nitrogens is 2. The third kappa shape index (κ3) is 4.67. The number of ether oxygens (including phenoxy) is 1. The number of hydrogen-bond donors (Lipinski definition) is 1. The Labute approximate surface area is 169 Å². The summed E-state index contributed by atoms with van der Waals surface area (Å²) in [5.74, 6) is -0.414. The number of nitrogens with one attached hydrogen (secondary N) is 1. The first-order valence-corrected chi connectivity index (χ1v) is 8.84. The van der Waals surface area contributed by atoms with Crippen molar-refractivity contribution in [1.82, 2.24) is 9.97 Å². The van der Waals surface area contributed by atoms with Crippen LogP contribution in [0.5, 0.6) is 0 Å². The number of pyridine rings is 2. The lowest BCUT2D eigenvalue weighted by Crippen LogP contribution is -2.10. The zero-order chi connectivity index (χ0) is 18.7. The van der Waals surface area contributed by atoms with Gasteiger partial charge < -0.3 is 10.1 Å². The quantitative estimate of drug-likeness (QED) is 0.556. The summed E-state index contributed by atoms with van der Waals surface area (Å²) in [4.78, 5) is 21.3. The van der Waals surface area contributed by atoms with Gasteiger partial charge in [0.25, 0.3) is 0 Å². The third-order valence-corrected chi connectivity index (χ3v) is 4.37. The largest absolute Gasteiger partial charge is 0.462 e. The fraction of sp³-hybridized carbons (Fsp3) is 0.250. The number of carbonyl (C=O) groups is 1. The van der Waals surface area contributed by atoms with E-state index in [1.165, 1.54) is 6.20 Å². The number of carbonyl (C=O) groups excluding carboxylic acids is 1. The van der Waals surface area contributed by atoms with Gasteiger partial charge in [-0.1, -0.05) is 24.6 Å². The first kappa shape index (κ1) is 20.9. The Bertz CT molecular complexity index is 977. The summed E-state index contributed by atoms with van der Waals surface area (Å²) in [6, 6.07) is 9.45. The highest BCUT2D eigenvalue weighted by atomic mass is 35.5. The van der Waals surface area contributed by atoms with Crippen molar-refractivity contribution in [2.45, 2.75) is 27.2 Å². The highest BCUT2D eigenvalue weighted by molar-refractivity contribution is 6.31. The molecular formula is C20H21Cl2N3O2. The van der Waals surface area contributed by atoms with E-state index in [2.05, 4.69) is 15.3 Å². The minimum absolute atomic E-state index is 0. The number of fused-ring (bicyclic) bond motifs is 1. The molecule has 3 rings (SSSR count). The Morgan fingerprint density at radius 2 is 2.00 bits per heavy atom. The number of nitrogens with zero attached hydrogens (tertiary/aromatic N) is 2. The molecule has 7 heteroatoms. The van der Waals surface area contributed by atoms with Crippen LogP contribution in [-0.2, 0) is 4.74 Å². The SMILES string of the molecule is CCCOC(=O)c1cnc2nc(C)ccc2c1Nc1ccc(C)c(Cl)c1.Cl. The highest BCUT2D eigenvalue weighted by Crippen LogP contribution is 2.30. The molecule has 0 radical (unpaired) electrons. The van der Waals surface area contributed by atoms with Crippen LogP contribution in [0.3, 0.4) is 0 Å². The van der Waals surface area contributed by atoms with Crippen LogP contribution in [0, 0.1) is 13.8 Å². The smallest absolute Gasteiger partial charge is 0.341 e. The van der Waals surface area contributed by atoms with Crippen molar-refractivity contribution >= 4 is 52.4 Å². The second-order valence-electron chi connectivity index (χ2n) is 6.10. The van der Waals surface area contributed by atoms with Gasteiger partial charge >= 0.3 is 5.97 Å². The molecular weight excluding hydrogens is 385 g/mol. The lowest BCUT2D eigenvalue weighted by Gasteiger charge is -2.15. The van der Waals surface area contributed by atoms with Gasteiger partial charge in [-0.25, -0.2) is 14.8 Å². The van der Waals surface area contributed by atoms with E-state index in [1.807, 2.05) is 51.1 Å². The predicted molar refractivity (Wildman–Crippen MR) is 112 cm³/mol. The normalized spacial score (nSPS) is 10.4. The highest BCUT2D eigenvalue weighted by Gasteiger charge is 2.18. The van der Waals surface area contributed by atoms with Crippen LogP contribution in [0.25, 0.3) is 11.0 Å². The molecule has 0 fully saturated rings. The van der Waals surface area contributed by atoms with E-state index < -0.39 is 5.97 Å². The molecule has 142 valence electrons. The van der Waals surface area contributed by atoms with Crippen LogP contribution < -0.4 is 5.32 Å². The Kier molecular flexibility index (Phi) is 6.99. The van der Waals surface area contributed by atoms with Crippen LogP contribution in [0.15, 0.2) is 36.5 Å². The van der Waals surface area contributed by atoms with Crippen molar-refractivity contribution in [3.63, 3.8) is 0 Å². The summed E-state index contributed by atoms with van der Waals surface area (Å²) in [6.45, 7) is 6.15. The molecule has 0 saturated heterocycles. The maximum Gasteiger partial charge on any atom is 0.341 e. The minimum Gasteiger partial charge on any atom is -0.462 e. The molecule has 27 heavy (non-hydrogen) atoms. The maximum absolute atomic E-state index is 12.5. The summed E-state index contributed by atoms with van der Waals surface area (Å²) in [5.41, 5.74) is 4.17. The molecule has 2 aromatic heterocycles. The summed E-state index contributed by atoms with van der Waals surface area (Å²) in [7, 11) is 0. The standard InChI is InChI=1S/C20H20ClN3O2.ClH/c1-4-9-26-20(25)16-11-22-19-15(8-6-13(3)23-19)18(16)24-14-7-5-12(2)17(21)10-14;/h5-8,10-11H,4,9H2,1-3H3,(H,22,23,24);1H. The van der Waals surface area contributed by atoms with Crippen molar-refractivity contribution in [1.29, 1.82) is 0 Å². The van der Waals surface area contributed by atoms with Gasteiger partial charge in [0.05, 0.1) is 12.3 Å². The molecule has 0 amide bonds. The molecule has 1 N–H and O–H groups in total. The Hall–Kier alpha value is -2.37. The van der Waals surface area contributed by atoms with Gasteiger partial charge in [0.2, 0.25) is 0 Å². The predicted octanol–water partition coefficient (Wildman–Crippen LogP) is 5.63. The number of esters is 1. The first-order chi connectivity index (χ1) is 12.5. The van der Waals surface area contributed by atoms with Crippen LogP contribution in [0.2, 0.25) is 5.02 Å². The van der Waals surface area contributed by atoms with E-state index in [-0.39, 0.29) is 12.4 Å². The van der Waals surface area contributed by atoms with Gasteiger partial charge in [-0.15, -0.1) is 12.4 Å². The maximum atomic E-state index is 12.5. The zero-order valence-corrected chi connectivity index (χ0v) is 16.9. The summed E-state index contributed by atoms with van der Waals surface area (Å²) in [5, 5.41) is 4.69. The second-order valence-corrected chi connectivity index (χ2v) is 6.50. The summed E-state index contributed by atoms with van der Waals surface area (Å²) in [6.07, 6.45) is 2.26. The molecule has 3 aromatic rings. The van der Waals surface area contributed by atoms with Crippen molar-refractivity contribution in [3.8, 4) is 0 Å². The minimum atomic E-state index is -0.414. The summed E-state index contributed by atoms with van der Waals surface area (Å²) >= 11 is 6.23. The molecule has 2 heterocycles. The molecule has 0 aliphatic rings. The lowest BCUT2D eigenvalue weighted by molar-refractivity contribution is 0.0506. The molecule has 1 aromatic carbocycles. The van der Waals surface area contributed by atoms with Crippen LogP contribution in [-0.4, -0.2) is 22.5 Å². The van der Waals surface area contributed by atoms with E-state index in [1.54, 1.807) is 0 Å². The Balaban J connectivity index is 0.00000261. The second kappa shape index (κ2) is 9.02. The molecule has 0 bridgehead atoms. The molecule has 0 unspecified atom stereocenters. The van der Waals surface area contributed by atoms with Crippen molar-refractivity contribution in [2.24, 2.45) is 0 Å². The van der Waals surface area contributed by atoms with E-state index in [0.29, 0.717) is 28.5 Å². The Morgan fingerprint density at radius 3 is 2.70 bits per heavy atom. The monoisotopic (exact) mass is 405 g/mol. The van der Waals surface area contributed by atoms with Crippen LogP contribution in [0.1, 0.15) is 35.0 Å². The van der Waals surface area contributed by atoms with E-state index in [4.69, 9.17) is 16.3 Å². The number of halogens is 2. The third-order valence-electron chi connectivity index (χ3n) is 3.97. The van der Waals surface area contributed by atoms with Gasteiger partial charge in [-0.3, -0.25) is 0 Å². The van der Waals surface area contributed by atoms with Gasteiger partial charge in [0.15, 0.2) is 5.65 Å². The molecule has 0 atom stereocenters. The Morgan fingerprint density at radius 1 is 1.22 bits per heavy atom. The number of hydrogen-bond acceptors (Lipinski definition) is 5. The molecule has 0 aliphatic heterocycles. The van der Waals surface area contributed by atoms with Crippen LogP contribution >= 0.6 is 24.0 Å². The molecule has 0 aliphatic carbocycles. The first-order valence-electron chi connectivity index (χ1n) is 8.46. The van der Waals surface area contributed by atoms with E-state index >= 15 is 0 Å². The average Bonchev–Trinajstić information content (AvgIpc) is 2.62. The molecule has 0 saturated carbocycles. The van der Waals surface area contributed by atoms with Gasteiger partial charge in [-0.05, 0) is 50.1 Å². The number of anilines is 2. The van der Waals surface area contributed by atoms with Gasteiger partial charge in [0, 0.05) is 28.0 Å². The van der Waals surface area contributed by atoms with E-state index in [9.17, 15) is 4.79 Å². The number of aryl methyl sites for hydroxylation is 2. The van der Waals surface area contributed by atoms with Gasteiger partial charge in [0.1, 0.15) is 5.56 Å². The van der Waals surface area contributed by atoms with Gasteiger partial charge in [-0.2, -0.15) is 0 Å². The fourth-order valence-corrected chi connectivity index (χ4v) is 2.73. The fourth-order valence-electron chi connectivity index (χ4n) is 2.55. The van der Waals surface area contributed by atoms with Crippen molar-refractivity contribution in [3.05, 3.63) is 58.4 Å². The molecule has 0 spiro atoms. The van der Waals surface area contributed by atoms with Crippen LogP contribution in [0.4, 0.5) is 11.4 Å². The number of rotatable bonds is 5. The zero-order valence-electron chi connectivity index (χ0n) is 15.4. The van der Waals surface area contributed by atoms with E-state index in [0.717, 1.165) is 28.8 Å². The van der Waals surface area contributed by atoms with Crippen molar-refractivity contribution < 1.29 is 9.53 Å². The summed E-state index contributed by atoms with van der Waals surface area (Å²) < 4.78 is 5.31. The number of benzene rings is 1. The average molecular weight is 406 g/mol. The van der Waals surface area contributed by atoms with Crippen molar-refractivity contribution in [2.75, 3.05) is 11.9 Å².